The van der Waals surface area contributed by atoms with Gasteiger partial charge in [-0.25, -0.2) is 4.39 Å². The van der Waals surface area contributed by atoms with Gasteiger partial charge < -0.3 is 24.2 Å². The van der Waals surface area contributed by atoms with E-state index in [1.807, 2.05) is 12.1 Å². The molecule has 1 aliphatic rings. The van der Waals surface area contributed by atoms with Crippen LogP contribution in [0.2, 0.25) is 0 Å². The Balaban J connectivity index is 1.77. The van der Waals surface area contributed by atoms with Crippen molar-refractivity contribution in [1.82, 2.24) is 4.90 Å². The number of Topliss-reactive ketones (excluding diaryl/α,β-unsaturated/α-hetero) is 1. The number of benzene rings is 3. The van der Waals surface area contributed by atoms with E-state index in [-0.39, 0.29) is 23.4 Å². The standard InChI is InChI=1S/C28H26FNO6/c1-34-21-7-5-4-6-20(21)25-24(26(31)18-9-11-19(29)12-10-18)27(32)28(33)30(25)15-14-17-8-13-22(35-2)23(16-17)36-3/h4-13,16,25,31H,14-15H2,1-3H3/b26-24-. The summed E-state index contributed by atoms with van der Waals surface area (Å²) in [5.41, 5.74) is 1.57. The molecule has 3 aromatic carbocycles. The average molecular weight is 492 g/mol. The molecule has 4 rings (SSSR count). The van der Waals surface area contributed by atoms with Crippen LogP contribution in [0.25, 0.3) is 5.76 Å². The Bertz CT molecular complexity index is 1320. The molecule has 0 saturated carbocycles. The van der Waals surface area contributed by atoms with Gasteiger partial charge in [-0.2, -0.15) is 0 Å². The van der Waals surface area contributed by atoms with E-state index in [2.05, 4.69) is 0 Å². The molecule has 36 heavy (non-hydrogen) atoms. The number of rotatable bonds is 8. The highest BCUT2D eigenvalue weighted by Crippen LogP contribution is 2.42. The van der Waals surface area contributed by atoms with Crippen LogP contribution < -0.4 is 14.2 Å². The van der Waals surface area contributed by atoms with Crippen molar-refractivity contribution in [2.24, 2.45) is 0 Å². The molecule has 1 heterocycles. The summed E-state index contributed by atoms with van der Waals surface area (Å²) in [6.45, 7) is 0.184. The number of likely N-dealkylation sites (tertiary alicyclic amines) is 1. The van der Waals surface area contributed by atoms with E-state index < -0.39 is 23.5 Å². The molecule has 1 unspecified atom stereocenters. The van der Waals surface area contributed by atoms with E-state index in [0.29, 0.717) is 29.2 Å². The summed E-state index contributed by atoms with van der Waals surface area (Å²) in [6.07, 6.45) is 0.412. The summed E-state index contributed by atoms with van der Waals surface area (Å²) in [5.74, 6) is -0.827. The van der Waals surface area contributed by atoms with E-state index in [1.165, 1.54) is 43.4 Å². The van der Waals surface area contributed by atoms with Crippen molar-refractivity contribution < 1.29 is 33.3 Å². The second kappa shape index (κ2) is 10.5. The normalized spacial score (nSPS) is 16.8. The Hall–Kier alpha value is -4.33. The van der Waals surface area contributed by atoms with Crippen LogP contribution in [0.5, 0.6) is 17.2 Å². The zero-order valence-electron chi connectivity index (χ0n) is 20.2. The summed E-state index contributed by atoms with van der Waals surface area (Å²) in [4.78, 5) is 27.9. The minimum atomic E-state index is -0.897. The number of aliphatic hydroxyl groups is 1. The molecule has 0 radical (unpaired) electrons. The summed E-state index contributed by atoms with van der Waals surface area (Å²) >= 11 is 0. The fraction of sp³-hybridized carbons (Fsp3) is 0.214. The zero-order valence-corrected chi connectivity index (χ0v) is 20.2. The number of hydrogen-bond donors (Lipinski definition) is 1. The van der Waals surface area contributed by atoms with E-state index in [1.54, 1.807) is 37.4 Å². The number of hydrogen-bond acceptors (Lipinski definition) is 6. The molecule has 1 aliphatic heterocycles. The Kier molecular flexibility index (Phi) is 7.24. The van der Waals surface area contributed by atoms with Gasteiger partial charge in [0.15, 0.2) is 11.5 Å². The van der Waals surface area contributed by atoms with Gasteiger partial charge in [0, 0.05) is 17.7 Å². The SMILES string of the molecule is COc1ccc(CCN2C(=O)C(=O)/C(=C(\O)c3ccc(F)cc3)C2c2ccccc2OC)cc1OC. The Labute approximate surface area is 208 Å². The monoisotopic (exact) mass is 491 g/mol. The number of para-hydroxylation sites is 1. The molecule has 8 heteroatoms. The smallest absolute Gasteiger partial charge is 0.295 e. The topological polar surface area (TPSA) is 85.3 Å². The minimum absolute atomic E-state index is 0.0802. The van der Waals surface area contributed by atoms with Gasteiger partial charge in [0.2, 0.25) is 0 Å². The maximum atomic E-state index is 13.5. The fourth-order valence-electron chi connectivity index (χ4n) is 4.38. The third-order valence-corrected chi connectivity index (χ3v) is 6.18. The molecule has 0 aromatic heterocycles. The molecular formula is C28H26FNO6. The average Bonchev–Trinajstić information content (AvgIpc) is 3.16. The first-order valence-corrected chi connectivity index (χ1v) is 11.3. The number of carbonyl (C=O) groups excluding carboxylic acids is 2. The lowest BCUT2D eigenvalue weighted by atomic mass is 9.94. The quantitative estimate of drug-likeness (QED) is 0.283. The molecule has 3 aromatic rings. The number of methoxy groups -OCH3 is 3. The summed E-state index contributed by atoms with van der Waals surface area (Å²) in [6, 6.07) is 16.6. The predicted octanol–water partition coefficient (Wildman–Crippen LogP) is 4.52. The maximum absolute atomic E-state index is 13.5. The van der Waals surface area contributed by atoms with Crippen molar-refractivity contribution in [3.8, 4) is 17.2 Å². The molecule has 1 atom stereocenters. The van der Waals surface area contributed by atoms with E-state index in [9.17, 15) is 19.1 Å². The van der Waals surface area contributed by atoms with E-state index >= 15 is 0 Å². The third kappa shape index (κ3) is 4.62. The summed E-state index contributed by atoms with van der Waals surface area (Å²) < 4.78 is 29.6. The van der Waals surface area contributed by atoms with E-state index in [4.69, 9.17) is 14.2 Å². The number of amides is 1. The molecule has 186 valence electrons. The molecule has 0 aliphatic carbocycles. The molecule has 0 bridgehead atoms. The maximum Gasteiger partial charge on any atom is 0.295 e. The van der Waals surface area contributed by atoms with Crippen molar-refractivity contribution in [3.05, 3.63) is 94.8 Å². The number of nitrogens with zero attached hydrogens (tertiary/aromatic N) is 1. The molecular weight excluding hydrogens is 465 g/mol. The van der Waals surface area contributed by atoms with Crippen LogP contribution in [0.3, 0.4) is 0 Å². The van der Waals surface area contributed by atoms with Gasteiger partial charge in [0.25, 0.3) is 11.7 Å². The molecule has 7 nitrogen and oxygen atoms in total. The van der Waals surface area contributed by atoms with Gasteiger partial charge in [-0.3, -0.25) is 9.59 Å². The third-order valence-electron chi connectivity index (χ3n) is 6.18. The number of carbonyl (C=O) groups is 2. The summed E-state index contributed by atoms with van der Waals surface area (Å²) in [7, 11) is 4.58. The number of ketones is 1. The second-order valence-electron chi connectivity index (χ2n) is 8.18. The second-order valence-corrected chi connectivity index (χ2v) is 8.18. The van der Waals surface area contributed by atoms with Crippen LogP contribution in [0, 0.1) is 5.82 Å². The van der Waals surface area contributed by atoms with Crippen molar-refractivity contribution in [2.75, 3.05) is 27.9 Å². The lowest BCUT2D eigenvalue weighted by Gasteiger charge is -2.26. The van der Waals surface area contributed by atoms with E-state index in [0.717, 1.165) is 5.56 Å². The highest BCUT2D eigenvalue weighted by molar-refractivity contribution is 6.46. The van der Waals surface area contributed by atoms with Crippen LogP contribution in [0.15, 0.2) is 72.3 Å². The molecule has 1 amide bonds. The van der Waals surface area contributed by atoms with Crippen LogP contribution in [0.1, 0.15) is 22.7 Å². The van der Waals surface area contributed by atoms with Crippen molar-refractivity contribution in [1.29, 1.82) is 0 Å². The lowest BCUT2D eigenvalue weighted by Crippen LogP contribution is -2.31. The first-order valence-electron chi connectivity index (χ1n) is 11.3. The van der Waals surface area contributed by atoms with Gasteiger partial charge in [-0.1, -0.05) is 24.3 Å². The van der Waals surface area contributed by atoms with Crippen molar-refractivity contribution in [3.63, 3.8) is 0 Å². The van der Waals surface area contributed by atoms with Gasteiger partial charge in [0.1, 0.15) is 17.3 Å². The highest BCUT2D eigenvalue weighted by Gasteiger charge is 2.46. The fourth-order valence-corrected chi connectivity index (χ4v) is 4.38. The van der Waals surface area contributed by atoms with Gasteiger partial charge in [-0.05, 0) is 54.4 Å². The molecule has 1 N–H and O–H groups in total. The molecule has 0 spiro atoms. The van der Waals surface area contributed by atoms with Gasteiger partial charge in [-0.15, -0.1) is 0 Å². The minimum Gasteiger partial charge on any atom is -0.507 e. The first-order chi connectivity index (χ1) is 17.4. The number of halogens is 1. The zero-order chi connectivity index (χ0) is 25.8. The predicted molar refractivity (Wildman–Crippen MR) is 132 cm³/mol. The van der Waals surface area contributed by atoms with Crippen LogP contribution in [-0.2, 0) is 16.0 Å². The van der Waals surface area contributed by atoms with Crippen molar-refractivity contribution in [2.45, 2.75) is 12.5 Å². The van der Waals surface area contributed by atoms with Gasteiger partial charge >= 0.3 is 0 Å². The number of ether oxygens (including phenoxy) is 3. The largest absolute Gasteiger partial charge is 0.507 e. The number of aliphatic hydroxyl groups excluding tert-OH is 1. The Morgan fingerprint density at radius 1 is 0.889 bits per heavy atom. The van der Waals surface area contributed by atoms with Crippen molar-refractivity contribution >= 4 is 17.4 Å². The Morgan fingerprint density at radius 3 is 2.22 bits per heavy atom. The first kappa shape index (κ1) is 24.8. The highest BCUT2D eigenvalue weighted by atomic mass is 19.1. The Morgan fingerprint density at radius 2 is 1.56 bits per heavy atom. The molecule has 1 fully saturated rings. The van der Waals surface area contributed by atoms with Crippen LogP contribution in [-0.4, -0.2) is 49.6 Å². The van der Waals surface area contributed by atoms with Crippen LogP contribution >= 0.6 is 0 Å². The van der Waals surface area contributed by atoms with Crippen LogP contribution in [0.4, 0.5) is 4.39 Å². The lowest BCUT2D eigenvalue weighted by molar-refractivity contribution is -0.139. The molecule has 1 saturated heterocycles. The van der Waals surface area contributed by atoms with Gasteiger partial charge in [0.05, 0.1) is 32.9 Å². The summed E-state index contributed by atoms with van der Waals surface area (Å²) in [5, 5.41) is 11.1.